The van der Waals surface area contributed by atoms with Gasteiger partial charge in [-0.1, -0.05) is 19.9 Å². The maximum absolute atomic E-state index is 10.9. The summed E-state index contributed by atoms with van der Waals surface area (Å²) >= 11 is 0. The largest absolute Gasteiger partial charge is 0.380 e. The molecular weight excluding hydrogens is 244 g/mol. The first-order chi connectivity index (χ1) is 9.00. The quantitative estimate of drug-likeness (QED) is 0.445. The summed E-state index contributed by atoms with van der Waals surface area (Å²) < 4.78 is 5.46. The summed E-state index contributed by atoms with van der Waals surface area (Å²) in [5, 5.41) is 14.0. The van der Waals surface area contributed by atoms with Crippen LogP contribution >= 0.6 is 0 Å². The Hall–Kier alpha value is -1.62. The molecule has 1 rings (SSSR count). The molecule has 0 spiro atoms. The Morgan fingerprint density at radius 2 is 2.11 bits per heavy atom. The van der Waals surface area contributed by atoms with Crippen molar-refractivity contribution >= 4 is 11.4 Å². The average Bonchev–Trinajstić information content (AvgIpc) is 2.34. The van der Waals surface area contributed by atoms with Crippen LogP contribution in [-0.2, 0) is 4.74 Å². The van der Waals surface area contributed by atoms with Gasteiger partial charge in [0.05, 0.1) is 11.5 Å². The van der Waals surface area contributed by atoms with E-state index in [4.69, 9.17) is 4.74 Å². The van der Waals surface area contributed by atoms with Crippen molar-refractivity contribution in [2.45, 2.75) is 27.2 Å². The molecule has 0 saturated carbocycles. The van der Waals surface area contributed by atoms with Crippen molar-refractivity contribution in [3.8, 4) is 0 Å². The molecule has 0 radical (unpaired) electrons. The number of aryl methyl sites for hydroxylation is 1. The van der Waals surface area contributed by atoms with E-state index >= 15 is 0 Å². The number of nitrogens with zero attached hydrogens (tertiary/aromatic N) is 1. The zero-order chi connectivity index (χ0) is 14.3. The maximum atomic E-state index is 10.9. The van der Waals surface area contributed by atoms with Crippen molar-refractivity contribution in [3.05, 3.63) is 33.9 Å². The van der Waals surface area contributed by atoms with Crippen LogP contribution in [0, 0.1) is 23.0 Å². The summed E-state index contributed by atoms with van der Waals surface area (Å²) in [6.07, 6.45) is 1.03. The molecule has 0 aromatic heterocycles. The molecule has 0 fully saturated rings. The van der Waals surface area contributed by atoms with Crippen molar-refractivity contribution in [3.63, 3.8) is 0 Å². The summed E-state index contributed by atoms with van der Waals surface area (Å²) in [4.78, 5) is 10.6. The number of nitro groups is 1. The first kappa shape index (κ1) is 15.4. The molecule has 5 nitrogen and oxygen atoms in total. The molecule has 0 atom stereocenters. The van der Waals surface area contributed by atoms with Gasteiger partial charge in [-0.3, -0.25) is 10.1 Å². The third-order valence-corrected chi connectivity index (χ3v) is 2.75. The maximum Gasteiger partial charge on any atom is 0.292 e. The summed E-state index contributed by atoms with van der Waals surface area (Å²) in [6.45, 7) is 8.00. The molecule has 0 bridgehead atoms. The number of hydrogen-bond acceptors (Lipinski definition) is 4. The zero-order valence-electron chi connectivity index (χ0n) is 11.8. The number of nitrogens with one attached hydrogen (secondary N) is 1. The molecule has 0 aliphatic rings. The van der Waals surface area contributed by atoms with Crippen molar-refractivity contribution in [1.29, 1.82) is 0 Å². The van der Waals surface area contributed by atoms with E-state index in [1.807, 2.05) is 13.0 Å². The standard InChI is InChI=1S/C14H22N2O3/c1-11(2)6-8-19-9-7-15-13-5-4-12(3)10-14(13)16(17)18/h4-5,10-11,15H,6-9H2,1-3H3. The second kappa shape index (κ2) is 7.74. The van der Waals surface area contributed by atoms with Crippen LogP contribution < -0.4 is 5.32 Å². The summed E-state index contributed by atoms with van der Waals surface area (Å²) in [5.41, 5.74) is 1.54. The Bertz CT molecular complexity index is 419. The summed E-state index contributed by atoms with van der Waals surface area (Å²) in [6, 6.07) is 5.17. The molecule has 0 saturated heterocycles. The predicted octanol–water partition coefficient (Wildman–Crippen LogP) is 3.38. The molecule has 0 aliphatic heterocycles. The van der Waals surface area contributed by atoms with Gasteiger partial charge in [0.25, 0.3) is 5.69 Å². The van der Waals surface area contributed by atoms with Gasteiger partial charge in [0, 0.05) is 19.2 Å². The molecule has 1 aromatic rings. The van der Waals surface area contributed by atoms with Crippen LogP contribution in [0.3, 0.4) is 0 Å². The molecular formula is C14H22N2O3. The van der Waals surface area contributed by atoms with Gasteiger partial charge >= 0.3 is 0 Å². The van der Waals surface area contributed by atoms with Crippen LogP contribution in [0.5, 0.6) is 0 Å². The van der Waals surface area contributed by atoms with E-state index in [0.717, 1.165) is 18.6 Å². The highest BCUT2D eigenvalue weighted by Crippen LogP contribution is 2.24. The van der Waals surface area contributed by atoms with Gasteiger partial charge in [-0.15, -0.1) is 0 Å². The highest BCUT2D eigenvalue weighted by Gasteiger charge is 2.12. The molecule has 0 heterocycles. The van der Waals surface area contributed by atoms with Crippen LogP contribution in [0.4, 0.5) is 11.4 Å². The van der Waals surface area contributed by atoms with Crippen molar-refractivity contribution < 1.29 is 9.66 Å². The SMILES string of the molecule is Cc1ccc(NCCOCCC(C)C)c([N+](=O)[O-])c1. The monoisotopic (exact) mass is 266 g/mol. The molecule has 0 aliphatic carbocycles. The van der Waals surface area contributed by atoms with E-state index in [0.29, 0.717) is 24.8 Å². The Labute approximate surface area is 114 Å². The first-order valence-corrected chi connectivity index (χ1v) is 6.57. The smallest absolute Gasteiger partial charge is 0.292 e. The highest BCUT2D eigenvalue weighted by atomic mass is 16.6. The minimum atomic E-state index is -0.366. The normalized spacial score (nSPS) is 10.7. The minimum absolute atomic E-state index is 0.113. The van der Waals surface area contributed by atoms with Crippen LogP contribution in [0.25, 0.3) is 0 Å². The van der Waals surface area contributed by atoms with Gasteiger partial charge < -0.3 is 10.1 Å². The molecule has 106 valence electrons. The topological polar surface area (TPSA) is 64.4 Å². The lowest BCUT2D eigenvalue weighted by atomic mass is 10.1. The Morgan fingerprint density at radius 1 is 1.37 bits per heavy atom. The molecule has 19 heavy (non-hydrogen) atoms. The third-order valence-electron chi connectivity index (χ3n) is 2.75. The van der Waals surface area contributed by atoms with E-state index in [2.05, 4.69) is 19.2 Å². The molecule has 5 heteroatoms. The third kappa shape index (κ3) is 5.70. The van der Waals surface area contributed by atoms with E-state index in [1.165, 1.54) is 0 Å². The lowest BCUT2D eigenvalue weighted by Crippen LogP contribution is -2.11. The number of benzene rings is 1. The fraction of sp³-hybridized carbons (Fsp3) is 0.571. The summed E-state index contributed by atoms with van der Waals surface area (Å²) in [7, 11) is 0. The Kier molecular flexibility index (Phi) is 6.29. The fourth-order valence-electron chi connectivity index (χ4n) is 1.62. The predicted molar refractivity (Wildman–Crippen MR) is 76.6 cm³/mol. The number of hydrogen-bond donors (Lipinski definition) is 1. The molecule has 0 unspecified atom stereocenters. The summed E-state index contributed by atoms with van der Waals surface area (Å²) in [5.74, 6) is 0.631. The van der Waals surface area contributed by atoms with E-state index in [-0.39, 0.29) is 10.6 Å². The molecule has 1 aromatic carbocycles. The molecule has 1 N–H and O–H groups in total. The van der Waals surface area contributed by atoms with Crippen molar-refractivity contribution in [2.75, 3.05) is 25.1 Å². The first-order valence-electron chi connectivity index (χ1n) is 6.57. The van der Waals surface area contributed by atoms with Crippen molar-refractivity contribution in [1.82, 2.24) is 0 Å². The highest BCUT2D eigenvalue weighted by molar-refractivity contribution is 5.62. The van der Waals surface area contributed by atoms with E-state index < -0.39 is 0 Å². The van der Waals surface area contributed by atoms with Crippen molar-refractivity contribution in [2.24, 2.45) is 5.92 Å². The zero-order valence-corrected chi connectivity index (χ0v) is 11.8. The lowest BCUT2D eigenvalue weighted by Gasteiger charge is -2.09. The second-order valence-corrected chi connectivity index (χ2v) is 5.00. The van der Waals surface area contributed by atoms with Crippen LogP contribution in [0.15, 0.2) is 18.2 Å². The number of anilines is 1. The lowest BCUT2D eigenvalue weighted by molar-refractivity contribution is -0.384. The fourth-order valence-corrected chi connectivity index (χ4v) is 1.62. The van der Waals surface area contributed by atoms with Crippen LogP contribution in [0.2, 0.25) is 0 Å². The van der Waals surface area contributed by atoms with Gasteiger partial charge in [0.1, 0.15) is 5.69 Å². The minimum Gasteiger partial charge on any atom is -0.380 e. The van der Waals surface area contributed by atoms with Crippen LogP contribution in [0.1, 0.15) is 25.8 Å². The number of nitro benzene ring substituents is 1. The van der Waals surface area contributed by atoms with Crippen LogP contribution in [-0.4, -0.2) is 24.7 Å². The molecule has 0 amide bonds. The number of rotatable bonds is 8. The van der Waals surface area contributed by atoms with Gasteiger partial charge in [-0.2, -0.15) is 0 Å². The van der Waals surface area contributed by atoms with Gasteiger partial charge in [-0.05, 0) is 30.9 Å². The Balaban J connectivity index is 2.39. The van der Waals surface area contributed by atoms with Gasteiger partial charge in [0.15, 0.2) is 0 Å². The average molecular weight is 266 g/mol. The van der Waals surface area contributed by atoms with E-state index in [9.17, 15) is 10.1 Å². The number of ether oxygens (including phenoxy) is 1. The van der Waals surface area contributed by atoms with Gasteiger partial charge in [0.2, 0.25) is 0 Å². The van der Waals surface area contributed by atoms with Gasteiger partial charge in [-0.25, -0.2) is 0 Å². The Morgan fingerprint density at radius 3 is 2.74 bits per heavy atom. The van der Waals surface area contributed by atoms with E-state index in [1.54, 1.807) is 12.1 Å². The second-order valence-electron chi connectivity index (χ2n) is 5.00.